The van der Waals surface area contributed by atoms with Crippen molar-refractivity contribution in [2.24, 2.45) is 0 Å². The molecule has 0 amide bonds. The monoisotopic (exact) mass is 210 g/mol. The van der Waals surface area contributed by atoms with Crippen LogP contribution in [0.25, 0.3) is 0 Å². The van der Waals surface area contributed by atoms with Crippen LogP contribution in [0.15, 0.2) is 6.20 Å². The van der Waals surface area contributed by atoms with E-state index in [-0.39, 0.29) is 5.69 Å². The number of nitrogens with zero attached hydrogens (tertiary/aromatic N) is 4. The first-order valence-electron chi connectivity index (χ1n) is 5.00. The molecule has 1 fully saturated rings. The number of piperidine rings is 1. The Labute approximate surface area is 87.5 Å². The van der Waals surface area contributed by atoms with E-state index in [9.17, 15) is 4.79 Å². The highest BCUT2D eigenvalue weighted by Crippen LogP contribution is 2.20. The third-order valence-electron chi connectivity index (χ3n) is 2.79. The van der Waals surface area contributed by atoms with E-state index in [0.29, 0.717) is 6.04 Å². The molecule has 2 rings (SSSR count). The fourth-order valence-electron chi connectivity index (χ4n) is 1.81. The Hall–Kier alpha value is -1.43. The number of hydrogen-bond donors (Lipinski definition) is 1. The van der Waals surface area contributed by atoms with Crippen molar-refractivity contribution in [2.75, 3.05) is 20.1 Å². The molecule has 0 unspecified atom stereocenters. The molecule has 6 nitrogen and oxygen atoms in total. The minimum atomic E-state index is -1.02. The van der Waals surface area contributed by atoms with Gasteiger partial charge >= 0.3 is 5.97 Å². The highest BCUT2D eigenvalue weighted by molar-refractivity contribution is 5.84. The molecule has 1 saturated heterocycles. The van der Waals surface area contributed by atoms with Gasteiger partial charge in [0.05, 0.1) is 12.2 Å². The minimum absolute atomic E-state index is 0.0222. The highest BCUT2D eigenvalue weighted by Gasteiger charge is 2.20. The van der Waals surface area contributed by atoms with E-state index in [0.717, 1.165) is 25.9 Å². The van der Waals surface area contributed by atoms with Gasteiger partial charge in [0.15, 0.2) is 5.69 Å². The summed E-state index contributed by atoms with van der Waals surface area (Å²) >= 11 is 0. The number of likely N-dealkylation sites (tertiary alicyclic amines) is 1. The molecule has 82 valence electrons. The molecule has 0 aliphatic carbocycles. The van der Waals surface area contributed by atoms with Gasteiger partial charge in [-0.2, -0.15) is 0 Å². The van der Waals surface area contributed by atoms with E-state index in [2.05, 4.69) is 22.3 Å². The minimum Gasteiger partial charge on any atom is -0.476 e. The molecule has 1 aromatic rings. The zero-order chi connectivity index (χ0) is 10.8. The number of aromatic carboxylic acids is 1. The van der Waals surface area contributed by atoms with Crippen molar-refractivity contribution in [3.8, 4) is 0 Å². The summed E-state index contributed by atoms with van der Waals surface area (Å²) in [4.78, 5) is 12.9. The lowest BCUT2D eigenvalue weighted by Crippen LogP contribution is -2.31. The maximum atomic E-state index is 10.6. The number of carboxylic acids is 1. The van der Waals surface area contributed by atoms with Crippen LogP contribution < -0.4 is 0 Å². The van der Waals surface area contributed by atoms with Gasteiger partial charge in [-0.15, -0.1) is 5.10 Å². The first kappa shape index (κ1) is 10.1. The largest absolute Gasteiger partial charge is 0.476 e. The molecule has 2 heterocycles. The Morgan fingerprint density at radius 1 is 1.53 bits per heavy atom. The van der Waals surface area contributed by atoms with Crippen LogP contribution in [0.3, 0.4) is 0 Å². The zero-order valence-corrected chi connectivity index (χ0v) is 8.63. The van der Waals surface area contributed by atoms with Gasteiger partial charge in [-0.05, 0) is 33.0 Å². The molecular weight excluding hydrogens is 196 g/mol. The molecule has 6 heteroatoms. The van der Waals surface area contributed by atoms with Crippen LogP contribution in [0.5, 0.6) is 0 Å². The molecule has 1 aromatic heterocycles. The summed E-state index contributed by atoms with van der Waals surface area (Å²) in [6.07, 6.45) is 3.51. The molecular formula is C9H14N4O2. The van der Waals surface area contributed by atoms with E-state index in [1.807, 2.05) is 0 Å². The van der Waals surface area contributed by atoms with Gasteiger partial charge in [0.1, 0.15) is 0 Å². The summed E-state index contributed by atoms with van der Waals surface area (Å²) in [6, 6.07) is 0.293. The van der Waals surface area contributed by atoms with E-state index in [1.165, 1.54) is 6.20 Å². The fourth-order valence-corrected chi connectivity index (χ4v) is 1.81. The van der Waals surface area contributed by atoms with Gasteiger partial charge in [-0.25, -0.2) is 9.48 Å². The number of carboxylic acid groups (broad SMARTS) is 1. The third kappa shape index (κ3) is 2.15. The van der Waals surface area contributed by atoms with Crippen molar-refractivity contribution in [1.29, 1.82) is 0 Å². The lowest BCUT2D eigenvalue weighted by atomic mass is 10.1. The van der Waals surface area contributed by atoms with Gasteiger partial charge in [0.25, 0.3) is 0 Å². The molecule has 15 heavy (non-hydrogen) atoms. The van der Waals surface area contributed by atoms with Crippen LogP contribution in [0.2, 0.25) is 0 Å². The molecule has 1 aliphatic heterocycles. The van der Waals surface area contributed by atoms with E-state index in [4.69, 9.17) is 5.11 Å². The zero-order valence-electron chi connectivity index (χ0n) is 8.63. The van der Waals surface area contributed by atoms with Crippen molar-refractivity contribution in [3.05, 3.63) is 11.9 Å². The van der Waals surface area contributed by atoms with E-state index >= 15 is 0 Å². The number of rotatable bonds is 2. The average Bonchev–Trinajstić information content (AvgIpc) is 2.68. The van der Waals surface area contributed by atoms with Crippen LogP contribution in [0.1, 0.15) is 29.4 Å². The molecule has 0 aromatic carbocycles. The molecule has 0 atom stereocenters. The fraction of sp³-hybridized carbons (Fsp3) is 0.667. The smallest absolute Gasteiger partial charge is 0.358 e. The quantitative estimate of drug-likeness (QED) is 0.757. The maximum absolute atomic E-state index is 10.6. The molecule has 0 bridgehead atoms. The Morgan fingerprint density at radius 3 is 2.73 bits per heavy atom. The maximum Gasteiger partial charge on any atom is 0.358 e. The van der Waals surface area contributed by atoms with E-state index in [1.54, 1.807) is 4.68 Å². The predicted octanol–water partition coefficient (Wildman–Crippen LogP) is 0.243. The van der Waals surface area contributed by atoms with Gasteiger partial charge in [-0.1, -0.05) is 5.21 Å². The second-order valence-corrected chi connectivity index (χ2v) is 3.92. The number of aromatic nitrogens is 3. The third-order valence-corrected chi connectivity index (χ3v) is 2.79. The SMILES string of the molecule is CN1CCC(n2cc(C(=O)O)nn2)CC1. The Bertz CT molecular complexity index is 355. The average molecular weight is 210 g/mol. The lowest BCUT2D eigenvalue weighted by molar-refractivity contribution is 0.0690. The summed E-state index contributed by atoms with van der Waals surface area (Å²) in [5, 5.41) is 16.2. The molecule has 1 aliphatic rings. The van der Waals surface area contributed by atoms with Crippen LogP contribution in [-0.4, -0.2) is 51.1 Å². The van der Waals surface area contributed by atoms with Crippen molar-refractivity contribution in [2.45, 2.75) is 18.9 Å². The van der Waals surface area contributed by atoms with Crippen molar-refractivity contribution in [1.82, 2.24) is 19.9 Å². The topological polar surface area (TPSA) is 71.2 Å². The number of carbonyl (C=O) groups is 1. The van der Waals surface area contributed by atoms with Gasteiger partial charge in [0.2, 0.25) is 0 Å². The van der Waals surface area contributed by atoms with Crippen molar-refractivity contribution in [3.63, 3.8) is 0 Å². The molecule has 0 saturated carbocycles. The first-order chi connectivity index (χ1) is 7.16. The Kier molecular flexibility index (Phi) is 2.68. The highest BCUT2D eigenvalue weighted by atomic mass is 16.4. The van der Waals surface area contributed by atoms with E-state index < -0.39 is 5.97 Å². The van der Waals surface area contributed by atoms with Crippen molar-refractivity contribution >= 4 is 5.97 Å². The summed E-state index contributed by atoms with van der Waals surface area (Å²) in [7, 11) is 2.08. The second-order valence-electron chi connectivity index (χ2n) is 3.92. The van der Waals surface area contributed by atoms with Gasteiger partial charge in [0, 0.05) is 0 Å². The molecule has 0 radical (unpaired) electrons. The summed E-state index contributed by atoms with van der Waals surface area (Å²) < 4.78 is 1.68. The van der Waals surface area contributed by atoms with Crippen molar-refractivity contribution < 1.29 is 9.90 Å². The summed E-state index contributed by atoms with van der Waals surface area (Å²) in [5.74, 6) is -1.02. The first-order valence-corrected chi connectivity index (χ1v) is 5.00. The van der Waals surface area contributed by atoms with Crippen LogP contribution in [-0.2, 0) is 0 Å². The molecule has 0 spiro atoms. The predicted molar refractivity (Wildman–Crippen MR) is 52.7 cm³/mol. The molecule has 1 N–H and O–H groups in total. The normalized spacial score (nSPS) is 19.3. The number of hydrogen-bond acceptors (Lipinski definition) is 4. The second kappa shape index (κ2) is 3.98. The summed E-state index contributed by atoms with van der Waals surface area (Å²) in [6.45, 7) is 2.04. The van der Waals surface area contributed by atoms with Crippen LogP contribution in [0.4, 0.5) is 0 Å². The summed E-state index contributed by atoms with van der Waals surface area (Å²) in [5.41, 5.74) is 0.0222. The van der Waals surface area contributed by atoms with Crippen LogP contribution >= 0.6 is 0 Å². The standard InChI is InChI=1S/C9H14N4O2/c1-12-4-2-7(3-5-12)13-6-8(9(14)15)10-11-13/h6-7H,2-5H2,1H3,(H,14,15). The van der Waals surface area contributed by atoms with Crippen LogP contribution in [0, 0.1) is 0 Å². The van der Waals surface area contributed by atoms with Gasteiger partial charge < -0.3 is 10.0 Å². The Balaban J connectivity index is 2.06. The van der Waals surface area contributed by atoms with Gasteiger partial charge in [-0.3, -0.25) is 0 Å². The Morgan fingerprint density at radius 2 is 2.20 bits per heavy atom. The lowest BCUT2D eigenvalue weighted by Gasteiger charge is -2.28.